The molecule has 20 heavy (non-hydrogen) atoms. The van der Waals surface area contributed by atoms with Crippen molar-refractivity contribution >= 4 is 22.6 Å². The van der Waals surface area contributed by atoms with Crippen LogP contribution in [0.1, 0.15) is 37.6 Å². The molecule has 0 unspecified atom stereocenters. The van der Waals surface area contributed by atoms with Gasteiger partial charge in [-0.15, -0.1) is 0 Å². The Morgan fingerprint density at radius 2 is 2.00 bits per heavy atom. The van der Waals surface area contributed by atoms with E-state index >= 15 is 0 Å². The molecule has 4 nitrogen and oxygen atoms in total. The van der Waals surface area contributed by atoms with Gasteiger partial charge in [0, 0.05) is 29.5 Å². The third kappa shape index (κ3) is 3.79. The Morgan fingerprint density at radius 3 is 2.55 bits per heavy atom. The zero-order valence-corrected chi connectivity index (χ0v) is 14.8. The Kier molecular flexibility index (Phi) is 4.49. The molecule has 0 aliphatic rings. The molecule has 0 aliphatic heterocycles. The highest BCUT2D eigenvalue weighted by Crippen LogP contribution is 2.19. The van der Waals surface area contributed by atoms with Gasteiger partial charge in [0.15, 0.2) is 5.82 Å². The maximum Gasteiger partial charge on any atom is 0.158 e. The van der Waals surface area contributed by atoms with Gasteiger partial charge in [0.25, 0.3) is 0 Å². The summed E-state index contributed by atoms with van der Waals surface area (Å²) in [6, 6.07) is 2.12. The topological polar surface area (TPSA) is 42.7 Å². The minimum absolute atomic E-state index is 0.0765. The summed E-state index contributed by atoms with van der Waals surface area (Å²) in [5.41, 5.74) is 3.54. The van der Waals surface area contributed by atoms with E-state index in [9.17, 15) is 0 Å². The van der Waals surface area contributed by atoms with Gasteiger partial charge in [-0.2, -0.15) is 5.10 Å². The van der Waals surface area contributed by atoms with Crippen LogP contribution >= 0.6 is 22.6 Å². The molecule has 0 fully saturated rings. The van der Waals surface area contributed by atoms with Crippen molar-refractivity contribution in [2.24, 2.45) is 0 Å². The molecule has 0 radical (unpaired) electrons. The van der Waals surface area contributed by atoms with E-state index in [2.05, 4.69) is 71.8 Å². The predicted molar refractivity (Wildman–Crippen MR) is 90.1 cm³/mol. The predicted octanol–water partition coefficient (Wildman–Crippen LogP) is 3.38. The lowest BCUT2D eigenvalue weighted by atomic mass is 10.1. The van der Waals surface area contributed by atoms with Crippen molar-refractivity contribution < 1.29 is 0 Å². The number of halogens is 1. The maximum atomic E-state index is 4.68. The van der Waals surface area contributed by atoms with E-state index in [1.807, 2.05) is 24.0 Å². The number of hydrogen-bond donors (Lipinski definition) is 1. The lowest BCUT2D eigenvalue weighted by Gasteiger charge is -2.22. The zero-order valence-electron chi connectivity index (χ0n) is 12.7. The second kappa shape index (κ2) is 5.81. The van der Waals surface area contributed by atoms with Crippen LogP contribution in [0.25, 0.3) is 5.82 Å². The molecule has 2 heterocycles. The summed E-state index contributed by atoms with van der Waals surface area (Å²) in [6.45, 7) is 11.4. The van der Waals surface area contributed by atoms with Gasteiger partial charge in [-0.1, -0.05) is 0 Å². The Balaban J connectivity index is 2.44. The van der Waals surface area contributed by atoms with Gasteiger partial charge in [0.2, 0.25) is 0 Å². The van der Waals surface area contributed by atoms with Crippen LogP contribution in [0, 0.1) is 17.4 Å². The summed E-state index contributed by atoms with van der Waals surface area (Å²) >= 11 is 2.26. The van der Waals surface area contributed by atoms with Crippen LogP contribution in [0.3, 0.4) is 0 Å². The molecule has 0 bridgehead atoms. The van der Waals surface area contributed by atoms with Crippen molar-refractivity contribution in [1.82, 2.24) is 20.1 Å². The van der Waals surface area contributed by atoms with Crippen LogP contribution < -0.4 is 5.32 Å². The molecule has 2 aromatic rings. The first-order valence-corrected chi connectivity index (χ1v) is 7.77. The van der Waals surface area contributed by atoms with Crippen LogP contribution in [0.5, 0.6) is 0 Å². The lowest BCUT2D eigenvalue weighted by molar-refractivity contribution is 0.423. The molecule has 5 heteroatoms. The van der Waals surface area contributed by atoms with Crippen LogP contribution in [0.2, 0.25) is 0 Å². The van der Waals surface area contributed by atoms with Crippen molar-refractivity contribution in [1.29, 1.82) is 0 Å². The Bertz CT molecular complexity index is 611. The number of nitrogens with one attached hydrogen (secondary N) is 1. The van der Waals surface area contributed by atoms with Crippen molar-refractivity contribution in [2.75, 3.05) is 0 Å². The summed E-state index contributed by atoms with van der Waals surface area (Å²) in [5, 5.41) is 7.92. The first kappa shape index (κ1) is 15.4. The Hall–Kier alpha value is -0.950. The largest absolute Gasteiger partial charge is 0.308 e. The fourth-order valence-electron chi connectivity index (χ4n) is 2.02. The highest BCUT2D eigenvalue weighted by Gasteiger charge is 2.15. The molecule has 0 spiro atoms. The zero-order chi connectivity index (χ0) is 14.9. The number of rotatable bonds is 3. The molecule has 0 aromatic carbocycles. The maximum absolute atomic E-state index is 4.68. The van der Waals surface area contributed by atoms with Gasteiger partial charge in [0.1, 0.15) is 0 Å². The highest BCUT2D eigenvalue weighted by atomic mass is 127. The minimum Gasteiger partial charge on any atom is -0.308 e. The van der Waals surface area contributed by atoms with Crippen molar-refractivity contribution in [3.8, 4) is 5.82 Å². The lowest BCUT2D eigenvalue weighted by Crippen LogP contribution is -2.35. The summed E-state index contributed by atoms with van der Waals surface area (Å²) in [5.74, 6) is 0.919. The van der Waals surface area contributed by atoms with Gasteiger partial charge in [-0.05, 0) is 68.8 Å². The summed E-state index contributed by atoms with van der Waals surface area (Å²) in [4.78, 5) is 4.68. The fourth-order valence-corrected chi connectivity index (χ4v) is 2.41. The summed E-state index contributed by atoms with van der Waals surface area (Å²) in [7, 11) is 0. The molecular formula is C15H21IN4. The van der Waals surface area contributed by atoms with Gasteiger partial charge < -0.3 is 5.32 Å². The average Bonchev–Trinajstić information content (AvgIpc) is 2.72. The molecule has 2 aromatic heterocycles. The van der Waals surface area contributed by atoms with E-state index in [0.717, 1.165) is 21.6 Å². The van der Waals surface area contributed by atoms with Crippen LogP contribution in [-0.4, -0.2) is 20.3 Å². The Morgan fingerprint density at radius 1 is 1.30 bits per heavy atom. The fraction of sp³-hybridized carbons (Fsp3) is 0.467. The molecule has 2 rings (SSSR count). The smallest absolute Gasteiger partial charge is 0.158 e. The molecule has 108 valence electrons. The van der Waals surface area contributed by atoms with E-state index in [1.54, 1.807) is 0 Å². The third-order valence-corrected chi connectivity index (χ3v) is 3.57. The highest BCUT2D eigenvalue weighted by molar-refractivity contribution is 14.1. The van der Waals surface area contributed by atoms with Crippen LogP contribution in [-0.2, 0) is 6.54 Å². The molecular weight excluding hydrogens is 363 g/mol. The molecule has 0 aliphatic carbocycles. The average molecular weight is 384 g/mol. The van der Waals surface area contributed by atoms with Gasteiger partial charge in [-0.25, -0.2) is 9.67 Å². The van der Waals surface area contributed by atoms with Crippen molar-refractivity contribution in [3.05, 3.63) is 38.9 Å². The standard InChI is InChI=1S/C15H21IN4/c1-10-6-11(2)19-14(20-9-12(16)7-18-20)13(10)8-17-15(3,4)5/h6-7,9,17H,8H2,1-5H3. The number of aryl methyl sites for hydroxylation is 2. The third-order valence-electron chi connectivity index (χ3n) is 3.02. The SMILES string of the molecule is Cc1cc(C)c(CNC(C)(C)C)c(-n2cc(I)cn2)n1. The number of pyridine rings is 1. The minimum atomic E-state index is 0.0765. The van der Waals surface area contributed by atoms with Gasteiger partial charge in [-0.3, -0.25) is 0 Å². The molecule has 0 saturated heterocycles. The van der Waals surface area contributed by atoms with Gasteiger partial charge in [0.05, 0.1) is 9.77 Å². The first-order chi connectivity index (χ1) is 9.26. The van der Waals surface area contributed by atoms with Crippen LogP contribution in [0.4, 0.5) is 0 Å². The second-order valence-corrected chi connectivity index (χ2v) is 7.34. The normalized spacial score (nSPS) is 11.9. The van der Waals surface area contributed by atoms with E-state index in [-0.39, 0.29) is 5.54 Å². The van der Waals surface area contributed by atoms with E-state index in [1.165, 1.54) is 11.1 Å². The second-order valence-electron chi connectivity index (χ2n) is 6.09. The van der Waals surface area contributed by atoms with Gasteiger partial charge >= 0.3 is 0 Å². The van der Waals surface area contributed by atoms with Crippen molar-refractivity contribution in [3.63, 3.8) is 0 Å². The van der Waals surface area contributed by atoms with E-state index in [0.29, 0.717) is 0 Å². The summed E-state index contributed by atoms with van der Waals surface area (Å²) in [6.07, 6.45) is 3.85. The quantitative estimate of drug-likeness (QED) is 0.826. The van der Waals surface area contributed by atoms with E-state index in [4.69, 9.17) is 0 Å². The molecule has 0 atom stereocenters. The number of hydrogen-bond acceptors (Lipinski definition) is 3. The molecule has 0 saturated carbocycles. The van der Waals surface area contributed by atoms with Crippen LogP contribution in [0.15, 0.2) is 18.5 Å². The monoisotopic (exact) mass is 384 g/mol. The Labute approximate surface area is 134 Å². The molecule has 0 amide bonds. The molecule has 1 N–H and O–H groups in total. The van der Waals surface area contributed by atoms with Crippen molar-refractivity contribution in [2.45, 2.75) is 46.7 Å². The number of nitrogens with zero attached hydrogens (tertiary/aromatic N) is 3. The van der Waals surface area contributed by atoms with E-state index < -0.39 is 0 Å². The number of aromatic nitrogens is 3. The summed E-state index contributed by atoms with van der Waals surface area (Å²) < 4.78 is 2.97. The first-order valence-electron chi connectivity index (χ1n) is 6.69.